The van der Waals surface area contributed by atoms with Crippen LogP contribution in [0.5, 0.6) is 23.0 Å². The van der Waals surface area contributed by atoms with E-state index in [0.717, 1.165) is 24.3 Å². The summed E-state index contributed by atoms with van der Waals surface area (Å²) in [6.45, 7) is 0. The van der Waals surface area contributed by atoms with Crippen LogP contribution in [0.15, 0.2) is 44.7 Å². The highest BCUT2D eigenvalue weighted by Gasteiger charge is 2.20. The summed E-state index contributed by atoms with van der Waals surface area (Å²) in [5, 5.41) is 40.4. The summed E-state index contributed by atoms with van der Waals surface area (Å²) >= 11 is 0. The monoisotopic (exact) mass is 315 g/mol. The second-order valence-corrected chi connectivity index (χ2v) is 4.74. The number of aromatic hydroxyl groups is 4. The molecule has 0 saturated carbocycles. The van der Waals surface area contributed by atoms with Gasteiger partial charge in [0.05, 0.1) is 0 Å². The maximum Gasteiger partial charge on any atom is 0.226 e. The normalized spacial score (nSPS) is 10.8. The number of rotatable bonds is 2. The molecule has 3 rings (SSSR count). The maximum absolute atomic E-state index is 12.3. The van der Waals surface area contributed by atoms with Gasteiger partial charge in [-0.2, -0.15) is 0 Å². The highest BCUT2D eigenvalue weighted by Crippen LogP contribution is 2.38. The number of nitrogens with zero attached hydrogens (tertiary/aromatic N) is 1. The van der Waals surface area contributed by atoms with Gasteiger partial charge < -0.3 is 24.8 Å². The van der Waals surface area contributed by atoms with Gasteiger partial charge in [-0.05, 0) is 23.4 Å². The first kappa shape index (κ1) is 14.4. The van der Waals surface area contributed by atoms with Gasteiger partial charge >= 0.3 is 0 Å². The Kier molecular flexibility index (Phi) is 3.14. The molecule has 0 unspecified atom stereocenters. The Morgan fingerprint density at radius 2 is 1.65 bits per heavy atom. The van der Waals surface area contributed by atoms with E-state index in [1.807, 2.05) is 0 Å². The van der Waals surface area contributed by atoms with Gasteiger partial charge in [0.25, 0.3) is 0 Å². The molecule has 0 atom stereocenters. The quantitative estimate of drug-likeness (QED) is 0.421. The van der Waals surface area contributed by atoms with Gasteiger partial charge in [0, 0.05) is 17.7 Å². The Labute approximate surface area is 127 Å². The molecule has 0 radical (unpaired) electrons. The lowest BCUT2D eigenvalue weighted by atomic mass is 10.1. The van der Waals surface area contributed by atoms with Crippen LogP contribution in [-0.2, 0) is 0 Å². The molecule has 1 aromatic heterocycles. The molecule has 0 amide bonds. The van der Waals surface area contributed by atoms with Crippen molar-refractivity contribution in [1.82, 2.24) is 0 Å². The van der Waals surface area contributed by atoms with Crippen LogP contribution in [0.25, 0.3) is 22.3 Å². The summed E-state index contributed by atoms with van der Waals surface area (Å²) in [7, 11) is 0. The minimum absolute atomic E-state index is 0.108. The van der Waals surface area contributed by atoms with Crippen molar-refractivity contribution < 1.29 is 24.8 Å². The molecular formula is C15H9NO7. The van der Waals surface area contributed by atoms with Crippen molar-refractivity contribution in [2.45, 2.75) is 0 Å². The summed E-state index contributed by atoms with van der Waals surface area (Å²) in [4.78, 5) is 23.4. The second-order valence-electron chi connectivity index (χ2n) is 4.74. The predicted octanol–water partition coefficient (Wildman–Crippen LogP) is 2.68. The van der Waals surface area contributed by atoms with E-state index in [1.165, 1.54) is 6.07 Å². The molecule has 1 heterocycles. The molecule has 0 saturated heterocycles. The standard InChI is InChI=1S/C15H9NO7/c17-7-4-10(20)12-11(5-7)23-15(13(16-22)14(12)21)6-1-2-8(18)9(19)3-6/h1-5,17-20H. The Morgan fingerprint density at radius 1 is 0.913 bits per heavy atom. The molecule has 23 heavy (non-hydrogen) atoms. The van der Waals surface area contributed by atoms with Gasteiger partial charge in [-0.1, -0.05) is 0 Å². The summed E-state index contributed by atoms with van der Waals surface area (Å²) in [5.74, 6) is -2.05. The van der Waals surface area contributed by atoms with E-state index in [-0.39, 0.29) is 28.0 Å². The van der Waals surface area contributed by atoms with Gasteiger partial charge in [0.15, 0.2) is 22.9 Å². The molecule has 0 aliphatic rings. The largest absolute Gasteiger partial charge is 0.508 e. The van der Waals surface area contributed by atoms with Crippen LogP contribution in [-0.4, -0.2) is 20.4 Å². The lowest BCUT2D eigenvalue weighted by Crippen LogP contribution is -2.03. The molecule has 0 bridgehead atoms. The predicted molar refractivity (Wildman–Crippen MR) is 80.0 cm³/mol. The number of phenols is 4. The van der Waals surface area contributed by atoms with Crippen molar-refractivity contribution in [3.05, 3.63) is 45.5 Å². The summed E-state index contributed by atoms with van der Waals surface area (Å²) < 4.78 is 5.40. The molecule has 2 aromatic carbocycles. The Bertz CT molecular complexity index is 1010. The van der Waals surface area contributed by atoms with Crippen LogP contribution in [0.2, 0.25) is 0 Å². The van der Waals surface area contributed by atoms with Crippen LogP contribution in [0.3, 0.4) is 0 Å². The lowest BCUT2D eigenvalue weighted by Gasteiger charge is -2.08. The molecule has 0 aliphatic heterocycles. The van der Waals surface area contributed by atoms with E-state index in [9.17, 15) is 30.1 Å². The fraction of sp³-hybridized carbons (Fsp3) is 0. The minimum atomic E-state index is -0.888. The number of fused-ring (bicyclic) bond motifs is 1. The third-order valence-electron chi connectivity index (χ3n) is 3.26. The highest BCUT2D eigenvalue weighted by molar-refractivity contribution is 5.90. The zero-order chi connectivity index (χ0) is 16.7. The van der Waals surface area contributed by atoms with E-state index in [1.54, 1.807) is 0 Å². The van der Waals surface area contributed by atoms with Crippen molar-refractivity contribution in [3.8, 4) is 34.3 Å². The Morgan fingerprint density at radius 3 is 2.30 bits per heavy atom. The summed E-state index contributed by atoms with van der Waals surface area (Å²) in [6, 6.07) is 5.55. The van der Waals surface area contributed by atoms with E-state index < -0.39 is 28.4 Å². The third kappa shape index (κ3) is 2.22. The number of phenolic OH excluding ortho intramolecular Hbond substituents is 4. The Balaban J connectivity index is 2.43. The second kappa shape index (κ2) is 5.02. The maximum atomic E-state index is 12.3. The first-order chi connectivity index (χ1) is 10.9. The molecule has 0 spiro atoms. The van der Waals surface area contributed by atoms with Crippen molar-refractivity contribution in [2.75, 3.05) is 0 Å². The third-order valence-corrected chi connectivity index (χ3v) is 3.26. The molecule has 0 fully saturated rings. The molecule has 3 aromatic rings. The number of benzene rings is 2. The number of hydrogen-bond acceptors (Lipinski definition) is 8. The van der Waals surface area contributed by atoms with Crippen LogP contribution in [0, 0.1) is 4.91 Å². The molecule has 8 heteroatoms. The van der Waals surface area contributed by atoms with Crippen LogP contribution in [0.4, 0.5) is 5.69 Å². The molecule has 8 nitrogen and oxygen atoms in total. The van der Waals surface area contributed by atoms with Gasteiger partial charge in [-0.15, -0.1) is 4.91 Å². The van der Waals surface area contributed by atoms with Gasteiger partial charge in [-0.3, -0.25) is 4.79 Å². The first-order valence-electron chi connectivity index (χ1n) is 6.31. The average molecular weight is 315 g/mol. The first-order valence-corrected chi connectivity index (χ1v) is 6.31. The van der Waals surface area contributed by atoms with E-state index >= 15 is 0 Å². The molecule has 0 aliphatic carbocycles. The van der Waals surface area contributed by atoms with Crippen LogP contribution < -0.4 is 5.43 Å². The zero-order valence-corrected chi connectivity index (χ0v) is 11.3. The fourth-order valence-corrected chi connectivity index (χ4v) is 2.22. The minimum Gasteiger partial charge on any atom is -0.508 e. The lowest BCUT2D eigenvalue weighted by molar-refractivity contribution is 0.404. The van der Waals surface area contributed by atoms with Crippen LogP contribution >= 0.6 is 0 Å². The highest BCUT2D eigenvalue weighted by atomic mass is 16.3. The van der Waals surface area contributed by atoms with Gasteiger partial charge in [-0.25, -0.2) is 0 Å². The molecular weight excluding hydrogens is 306 g/mol. The van der Waals surface area contributed by atoms with Gasteiger partial charge in [0.2, 0.25) is 5.43 Å². The number of hydrogen-bond donors (Lipinski definition) is 4. The van der Waals surface area contributed by atoms with E-state index in [0.29, 0.717) is 0 Å². The Hall–Kier alpha value is -3.55. The smallest absolute Gasteiger partial charge is 0.226 e. The average Bonchev–Trinajstić information content (AvgIpc) is 2.49. The zero-order valence-electron chi connectivity index (χ0n) is 11.3. The number of nitroso groups, excluding NO2 is 1. The van der Waals surface area contributed by atoms with E-state index in [2.05, 4.69) is 5.18 Å². The van der Waals surface area contributed by atoms with Crippen LogP contribution in [0.1, 0.15) is 0 Å². The van der Waals surface area contributed by atoms with E-state index in [4.69, 9.17) is 4.42 Å². The topological polar surface area (TPSA) is 141 Å². The van der Waals surface area contributed by atoms with Crippen molar-refractivity contribution in [1.29, 1.82) is 0 Å². The fourth-order valence-electron chi connectivity index (χ4n) is 2.22. The van der Waals surface area contributed by atoms with Crippen molar-refractivity contribution >= 4 is 16.7 Å². The SMILES string of the molecule is O=Nc1c(-c2ccc(O)c(O)c2)oc2cc(O)cc(O)c2c1=O. The van der Waals surface area contributed by atoms with Crippen molar-refractivity contribution in [3.63, 3.8) is 0 Å². The molecule has 116 valence electrons. The summed E-state index contributed by atoms with van der Waals surface area (Å²) in [6.07, 6.45) is 0. The van der Waals surface area contributed by atoms with Gasteiger partial charge in [0.1, 0.15) is 22.5 Å². The molecule has 4 N–H and O–H groups in total. The summed E-state index contributed by atoms with van der Waals surface area (Å²) in [5.41, 5.74) is -1.55. The van der Waals surface area contributed by atoms with Crippen molar-refractivity contribution in [2.24, 2.45) is 5.18 Å².